The quantitative estimate of drug-likeness (QED) is 0.279. The van der Waals surface area contributed by atoms with Gasteiger partial charge in [-0.25, -0.2) is 0 Å². The zero-order chi connectivity index (χ0) is 28.1. The molecule has 0 amide bonds. The van der Waals surface area contributed by atoms with Gasteiger partial charge in [0.2, 0.25) is 5.69 Å². The molecule has 0 saturated carbocycles. The van der Waals surface area contributed by atoms with E-state index >= 15 is 0 Å². The third kappa shape index (κ3) is 6.41. The van der Waals surface area contributed by atoms with E-state index in [-0.39, 0.29) is 16.2 Å². The summed E-state index contributed by atoms with van der Waals surface area (Å²) < 4.78 is 2.70. The molecule has 1 nitrogen and oxygen atoms in total. The lowest BCUT2D eigenvalue weighted by Gasteiger charge is -2.36. The summed E-state index contributed by atoms with van der Waals surface area (Å²) in [6.07, 6.45) is 2.51. The molecule has 2 aromatic rings. The van der Waals surface area contributed by atoms with Gasteiger partial charge in [0, 0.05) is 25.5 Å². The zero-order valence-corrected chi connectivity index (χ0v) is 27.4. The molecule has 204 valence electrons. The smallest absolute Gasteiger partial charge is 0.196 e. The molecule has 0 saturated heterocycles. The Bertz CT molecular complexity index is 1080. The third-order valence-corrected chi connectivity index (χ3v) is 10.3. The van der Waals surface area contributed by atoms with Gasteiger partial charge in [-0.15, -0.1) is 0 Å². The molecule has 0 aliphatic carbocycles. The summed E-state index contributed by atoms with van der Waals surface area (Å²) in [5, 5.41) is 1.65. The van der Waals surface area contributed by atoms with Crippen LogP contribution in [0.15, 0.2) is 30.3 Å². The predicted octanol–water partition coefficient (Wildman–Crippen LogP) is 10.1. The van der Waals surface area contributed by atoms with E-state index in [1.54, 1.807) is 16.4 Å². The van der Waals surface area contributed by atoms with Crippen LogP contribution in [0.4, 0.5) is 5.69 Å². The number of para-hydroxylation sites is 1. The highest BCUT2D eigenvalue weighted by atomic mass is 31.1. The van der Waals surface area contributed by atoms with Crippen LogP contribution in [0.1, 0.15) is 143 Å². The highest BCUT2D eigenvalue weighted by Crippen LogP contribution is 2.47. The SMILES string of the molecule is CC(C)c1cccc(C(C)C)c1[N+]1=CP(c2c(C(C)(C)C)cc(C(C)(C)C)cc2C(C)(C)C)CCC1C. The summed E-state index contributed by atoms with van der Waals surface area (Å²) in [4.78, 5) is 0. The van der Waals surface area contributed by atoms with Crippen molar-refractivity contribution in [2.24, 2.45) is 0 Å². The van der Waals surface area contributed by atoms with Crippen LogP contribution in [0.3, 0.4) is 0 Å². The Morgan fingerprint density at radius 3 is 1.59 bits per heavy atom. The molecule has 0 spiro atoms. The van der Waals surface area contributed by atoms with Gasteiger partial charge in [-0.2, -0.15) is 4.58 Å². The molecule has 1 aliphatic heterocycles. The fourth-order valence-corrected chi connectivity index (χ4v) is 8.73. The molecule has 0 bridgehead atoms. The fourth-order valence-electron chi connectivity index (χ4n) is 5.56. The molecule has 2 atom stereocenters. The van der Waals surface area contributed by atoms with Crippen molar-refractivity contribution in [1.82, 2.24) is 0 Å². The molecule has 0 radical (unpaired) electrons. The summed E-state index contributed by atoms with van der Waals surface area (Å²) >= 11 is 0. The normalized spacial score (nSPS) is 19.5. The third-order valence-electron chi connectivity index (χ3n) is 8.01. The van der Waals surface area contributed by atoms with Crippen molar-refractivity contribution in [3.63, 3.8) is 0 Å². The molecule has 2 aromatic carbocycles. The summed E-state index contributed by atoms with van der Waals surface area (Å²) in [7, 11) is -0.437. The van der Waals surface area contributed by atoms with Gasteiger partial charge in [-0.1, -0.05) is 120 Å². The van der Waals surface area contributed by atoms with Crippen molar-refractivity contribution < 1.29 is 4.58 Å². The van der Waals surface area contributed by atoms with Gasteiger partial charge in [0.25, 0.3) is 0 Å². The molecule has 37 heavy (non-hydrogen) atoms. The van der Waals surface area contributed by atoms with Gasteiger partial charge in [0.05, 0.1) is 0 Å². The average molecular weight is 521 g/mol. The summed E-state index contributed by atoms with van der Waals surface area (Å²) in [6.45, 7) is 33.4. The molecule has 3 rings (SSSR count). The molecule has 0 N–H and O–H groups in total. The van der Waals surface area contributed by atoms with Crippen LogP contribution in [-0.4, -0.2) is 22.7 Å². The monoisotopic (exact) mass is 520 g/mol. The molecule has 2 unspecified atom stereocenters. The Morgan fingerprint density at radius 2 is 1.22 bits per heavy atom. The molecule has 2 heteroatoms. The number of benzene rings is 2. The number of rotatable bonds is 4. The van der Waals surface area contributed by atoms with E-state index in [0.717, 1.165) is 0 Å². The summed E-state index contributed by atoms with van der Waals surface area (Å²) in [5.74, 6) is 3.69. The van der Waals surface area contributed by atoms with E-state index in [0.29, 0.717) is 17.9 Å². The van der Waals surface area contributed by atoms with Crippen molar-refractivity contribution in [2.45, 2.75) is 137 Å². The lowest BCUT2D eigenvalue weighted by atomic mass is 9.75. The fraction of sp³-hybridized carbons (Fsp3) is 0.629. The van der Waals surface area contributed by atoms with Gasteiger partial charge in [-0.3, -0.25) is 0 Å². The van der Waals surface area contributed by atoms with Gasteiger partial charge in [0.15, 0.2) is 12.0 Å². The van der Waals surface area contributed by atoms with Crippen LogP contribution in [-0.2, 0) is 16.2 Å². The van der Waals surface area contributed by atoms with E-state index in [9.17, 15) is 0 Å². The minimum absolute atomic E-state index is 0.0968. The Hall–Kier alpha value is -1.46. The predicted molar refractivity (Wildman–Crippen MR) is 169 cm³/mol. The summed E-state index contributed by atoms with van der Waals surface area (Å²) in [6, 6.07) is 12.6. The summed E-state index contributed by atoms with van der Waals surface area (Å²) in [5.41, 5.74) is 9.36. The maximum absolute atomic E-state index is 2.70. The first kappa shape index (κ1) is 30.1. The minimum atomic E-state index is -0.437. The Labute approximate surface area is 230 Å². The van der Waals surface area contributed by atoms with E-state index in [1.807, 2.05) is 0 Å². The number of nitrogens with zero attached hydrogens (tertiary/aromatic N) is 1. The van der Waals surface area contributed by atoms with E-state index in [1.165, 1.54) is 35.0 Å². The second-order valence-electron chi connectivity index (χ2n) is 15.1. The zero-order valence-electron chi connectivity index (χ0n) is 26.5. The average Bonchev–Trinajstić information content (AvgIpc) is 2.76. The molecule has 0 fully saturated rings. The van der Waals surface area contributed by atoms with Crippen LogP contribution in [0.5, 0.6) is 0 Å². The van der Waals surface area contributed by atoms with E-state index in [2.05, 4.69) is 138 Å². The standard InChI is InChI=1S/C35H55NP/c1-23(2)27-16-15-17-28(24(3)4)31(27)36-22-37(19-18-25(36)5)32-29(34(9,10)11)20-26(33(6,7)8)21-30(32)35(12,13)14/h15-17,20-25H,18-19H2,1-14H3/q+1. The first-order valence-corrected chi connectivity index (χ1v) is 16.2. The molecule has 0 aromatic heterocycles. The van der Waals surface area contributed by atoms with Gasteiger partial charge >= 0.3 is 0 Å². The number of hydrogen-bond donors (Lipinski definition) is 0. The van der Waals surface area contributed by atoms with Crippen LogP contribution in [0, 0.1) is 0 Å². The van der Waals surface area contributed by atoms with E-state index in [4.69, 9.17) is 0 Å². The maximum atomic E-state index is 2.70. The Morgan fingerprint density at radius 1 is 0.757 bits per heavy atom. The lowest BCUT2D eigenvalue weighted by molar-refractivity contribution is -0.476. The minimum Gasteiger partial charge on any atom is -0.196 e. The Balaban J connectivity index is 2.39. The molecular weight excluding hydrogens is 465 g/mol. The van der Waals surface area contributed by atoms with Crippen LogP contribution < -0.4 is 5.30 Å². The highest BCUT2D eigenvalue weighted by Gasteiger charge is 2.38. The molecular formula is C35H55NP+. The second-order valence-corrected chi connectivity index (χ2v) is 17.2. The first-order chi connectivity index (χ1) is 16.8. The first-order valence-electron chi connectivity index (χ1n) is 14.6. The van der Waals surface area contributed by atoms with Crippen molar-refractivity contribution in [2.75, 3.05) is 6.16 Å². The van der Waals surface area contributed by atoms with E-state index < -0.39 is 7.92 Å². The van der Waals surface area contributed by atoms with Crippen molar-refractivity contribution in [3.8, 4) is 0 Å². The Kier molecular flexibility index (Phi) is 8.62. The van der Waals surface area contributed by atoms with Gasteiger partial charge in [0.1, 0.15) is 0 Å². The largest absolute Gasteiger partial charge is 0.212 e. The van der Waals surface area contributed by atoms with Crippen molar-refractivity contribution in [1.29, 1.82) is 0 Å². The highest BCUT2D eigenvalue weighted by molar-refractivity contribution is 7.79. The molecule has 1 aliphatic rings. The van der Waals surface area contributed by atoms with Crippen molar-refractivity contribution >= 4 is 24.9 Å². The second kappa shape index (κ2) is 10.6. The molecule has 1 heterocycles. The van der Waals surface area contributed by atoms with Gasteiger partial charge < -0.3 is 0 Å². The van der Waals surface area contributed by atoms with Crippen molar-refractivity contribution in [3.05, 3.63) is 58.1 Å². The lowest BCUT2D eigenvalue weighted by Crippen LogP contribution is -2.35. The maximum Gasteiger partial charge on any atom is 0.212 e. The van der Waals surface area contributed by atoms with Crippen LogP contribution >= 0.6 is 7.92 Å². The topological polar surface area (TPSA) is 3.01 Å². The van der Waals surface area contributed by atoms with Crippen LogP contribution in [0.25, 0.3) is 0 Å². The van der Waals surface area contributed by atoms with Crippen LogP contribution in [0.2, 0.25) is 0 Å². The van der Waals surface area contributed by atoms with Gasteiger partial charge in [-0.05, 0) is 63.2 Å². The number of hydrogen-bond acceptors (Lipinski definition) is 0.